The van der Waals surface area contributed by atoms with Gasteiger partial charge in [-0.3, -0.25) is 0 Å². The van der Waals surface area contributed by atoms with Crippen LogP contribution in [0.2, 0.25) is 0 Å². The van der Waals surface area contributed by atoms with Crippen molar-refractivity contribution in [3.8, 4) is 39.1 Å². The van der Waals surface area contributed by atoms with Crippen LogP contribution >= 0.6 is 0 Å². The molecule has 0 bridgehead atoms. The zero-order valence-electron chi connectivity index (χ0n) is 33.8. The van der Waals surface area contributed by atoms with Crippen molar-refractivity contribution in [2.24, 2.45) is 0 Å². The maximum atomic E-state index is 6.44. The summed E-state index contributed by atoms with van der Waals surface area (Å²) in [6, 6.07) is 71.3. The Morgan fingerprint density at radius 2 is 0.983 bits per heavy atom. The Morgan fingerprint density at radius 1 is 0.424 bits per heavy atom. The normalized spacial score (nSPS) is 16.0. The number of fused-ring (bicyclic) bond motifs is 6. The molecule has 0 radical (unpaired) electrons. The molecule has 0 spiro atoms. The third kappa shape index (κ3) is 5.37. The molecule has 2 aliphatic rings. The van der Waals surface area contributed by atoms with Crippen molar-refractivity contribution in [3.05, 3.63) is 216 Å². The number of para-hydroxylation sites is 1. The van der Waals surface area contributed by atoms with E-state index in [-0.39, 0.29) is 0 Å². The van der Waals surface area contributed by atoms with Gasteiger partial charge in [-0.25, -0.2) is 0 Å². The van der Waals surface area contributed by atoms with Gasteiger partial charge in [0.05, 0.1) is 27.7 Å². The third-order valence-electron chi connectivity index (χ3n) is 13.3. The van der Waals surface area contributed by atoms with Gasteiger partial charge < -0.3 is 13.9 Å². The molecule has 0 amide bonds. The highest BCUT2D eigenvalue weighted by molar-refractivity contribution is 6.62. The van der Waals surface area contributed by atoms with E-state index in [9.17, 15) is 0 Å². The molecule has 0 unspecified atom stereocenters. The molecule has 1 fully saturated rings. The molecule has 11 rings (SSSR count). The lowest BCUT2D eigenvalue weighted by molar-refractivity contribution is 0.00578. The zero-order valence-corrected chi connectivity index (χ0v) is 33.8. The number of rotatable bonds is 6. The molecule has 2 heterocycles. The van der Waals surface area contributed by atoms with Crippen molar-refractivity contribution in [3.63, 3.8) is 0 Å². The smallest absolute Gasteiger partial charge is 0.399 e. The summed E-state index contributed by atoms with van der Waals surface area (Å²) in [5.74, 6) is 0. The van der Waals surface area contributed by atoms with Crippen LogP contribution in [-0.2, 0) is 14.7 Å². The van der Waals surface area contributed by atoms with Crippen molar-refractivity contribution in [1.29, 1.82) is 0 Å². The highest BCUT2D eigenvalue weighted by atomic mass is 16.7. The highest BCUT2D eigenvalue weighted by Gasteiger charge is 2.52. The average Bonchev–Trinajstić information content (AvgIpc) is 3.85. The maximum absolute atomic E-state index is 6.44. The second-order valence-corrected chi connectivity index (χ2v) is 17.1. The SMILES string of the molecule is CC1(C)OB(c2cccc(-c3ccc4c5ccccc5n(-c5ccc(-c6cccc7c6-c6ccccc6C7(c6ccccc6)c6ccccc6)cc5)c4c3)c2)OC1(C)C. The fourth-order valence-corrected chi connectivity index (χ4v) is 9.80. The second-order valence-electron chi connectivity index (χ2n) is 17.1. The Balaban J connectivity index is 1.03. The zero-order chi connectivity index (χ0) is 39.9. The van der Waals surface area contributed by atoms with Crippen molar-refractivity contribution in [2.75, 3.05) is 0 Å². The van der Waals surface area contributed by atoms with Crippen LogP contribution in [-0.4, -0.2) is 22.9 Å². The molecule has 1 saturated heterocycles. The minimum absolute atomic E-state index is 0.400. The van der Waals surface area contributed by atoms with Crippen LogP contribution in [0.3, 0.4) is 0 Å². The predicted molar refractivity (Wildman–Crippen MR) is 245 cm³/mol. The summed E-state index contributed by atoms with van der Waals surface area (Å²) in [5.41, 5.74) is 15.7. The van der Waals surface area contributed by atoms with E-state index in [1.165, 1.54) is 66.3 Å². The number of hydrogen-bond donors (Lipinski definition) is 0. The molecule has 59 heavy (non-hydrogen) atoms. The summed E-state index contributed by atoms with van der Waals surface area (Å²) >= 11 is 0. The van der Waals surface area contributed by atoms with Crippen molar-refractivity contribution in [1.82, 2.24) is 4.57 Å². The van der Waals surface area contributed by atoms with E-state index in [4.69, 9.17) is 9.31 Å². The van der Waals surface area contributed by atoms with Gasteiger partial charge in [-0.1, -0.05) is 170 Å². The van der Waals surface area contributed by atoms with Gasteiger partial charge in [-0.05, 0) is 113 Å². The predicted octanol–water partition coefficient (Wildman–Crippen LogP) is 12.8. The van der Waals surface area contributed by atoms with Crippen LogP contribution in [0.25, 0.3) is 60.9 Å². The molecule has 0 atom stereocenters. The first kappa shape index (κ1) is 35.7. The summed E-state index contributed by atoms with van der Waals surface area (Å²) in [5, 5.41) is 2.46. The van der Waals surface area contributed by atoms with E-state index in [1.54, 1.807) is 0 Å². The molecule has 0 N–H and O–H groups in total. The molecule has 1 aliphatic heterocycles. The molecule has 3 nitrogen and oxygen atoms in total. The number of hydrogen-bond acceptors (Lipinski definition) is 2. The Hall–Kier alpha value is -6.46. The summed E-state index contributed by atoms with van der Waals surface area (Å²) in [6.07, 6.45) is 0. The molecule has 1 aromatic heterocycles. The lowest BCUT2D eigenvalue weighted by atomic mass is 9.67. The molecule has 284 valence electrons. The summed E-state index contributed by atoms with van der Waals surface area (Å²) in [4.78, 5) is 0. The lowest BCUT2D eigenvalue weighted by Crippen LogP contribution is -2.41. The fraction of sp³-hybridized carbons (Fsp3) is 0.127. The highest BCUT2D eigenvalue weighted by Crippen LogP contribution is 2.58. The van der Waals surface area contributed by atoms with Crippen molar-refractivity contribution in [2.45, 2.75) is 44.3 Å². The maximum Gasteiger partial charge on any atom is 0.494 e. The van der Waals surface area contributed by atoms with Gasteiger partial charge in [0.2, 0.25) is 0 Å². The topological polar surface area (TPSA) is 23.4 Å². The van der Waals surface area contributed by atoms with Gasteiger partial charge in [-0.15, -0.1) is 0 Å². The van der Waals surface area contributed by atoms with E-state index in [1.807, 2.05) is 0 Å². The molecule has 1 aliphatic carbocycles. The Kier molecular flexibility index (Phi) is 8.04. The Morgan fingerprint density at radius 3 is 1.71 bits per heavy atom. The minimum atomic E-state index is -0.436. The number of benzene rings is 8. The summed E-state index contributed by atoms with van der Waals surface area (Å²) < 4.78 is 15.3. The van der Waals surface area contributed by atoms with Crippen molar-refractivity contribution < 1.29 is 9.31 Å². The largest absolute Gasteiger partial charge is 0.494 e. The van der Waals surface area contributed by atoms with Crippen LogP contribution in [0.4, 0.5) is 0 Å². The molecular weight excluding hydrogens is 717 g/mol. The Labute approximate surface area is 346 Å². The minimum Gasteiger partial charge on any atom is -0.399 e. The van der Waals surface area contributed by atoms with Gasteiger partial charge in [0, 0.05) is 16.5 Å². The molecule has 4 heteroatoms. The Bertz CT molecular complexity index is 3000. The van der Waals surface area contributed by atoms with Gasteiger partial charge in [0.15, 0.2) is 0 Å². The fourth-order valence-electron chi connectivity index (χ4n) is 9.80. The van der Waals surface area contributed by atoms with E-state index in [0.29, 0.717) is 0 Å². The first-order chi connectivity index (χ1) is 28.7. The number of aromatic nitrogens is 1. The third-order valence-corrected chi connectivity index (χ3v) is 13.3. The lowest BCUT2D eigenvalue weighted by Gasteiger charge is -2.34. The van der Waals surface area contributed by atoms with Gasteiger partial charge >= 0.3 is 7.12 Å². The van der Waals surface area contributed by atoms with Crippen LogP contribution in [0, 0.1) is 0 Å². The van der Waals surface area contributed by atoms with Crippen LogP contribution in [0.5, 0.6) is 0 Å². The molecule has 8 aromatic carbocycles. The van der Waals surface area contributed by atoms with Crippen LogP contribution < -0.4 is 5.46 Å². The molecule has 9 aromatic rings. The van der Waals surface area contributed by atoms with Crippen LogP contribution in [0.15, 0.2) is 194 Å². The van der Waals surface area contributed by atoms with Gasteiger partial charge in [-0.2, -0.15) is 0 Å². The molecular formula is C55H44BNO2. The second kappa shape index (κ2) is 13.3. The van der Waals surface area contributed by atoms with Crippen LogP contribution in [0.1, 0.15) is 49.9 Å². The van der Waals surface area contributed by atoms with E-state index in [2.05, 4.69) is 226 Å². The first-order valence-corrected chi connectivity index (χ1v) is 20.7. The standard InChI is InChI=1S/C55H44BNO2/c1-53(2)54(3,4)59-56(58-53)42-22-15-17-38(35-42)39-31-34-46-45-23-12-14-28-50(45)57(51(46)36-39)43-32-29-37(30-33-43)44-25-16-27-49-52(44)47-24-11-13-26-48(47)55(49,40-18-7-5-8-19-40)41-20-9-6-10-21-41/h5-36H,1-4H3. The van der Waals surface area contributed by atoms with E-state index in [0.717, 1.165) is 22.3 Å². The quantitative estimate of drug-likeness (QED) is 0.158. The first-order valence-electron chi connectivity index (χ1n) is 20.7. The van der Waals surface area contributed by atoms with E-state index >= 15 is 0 Å². The van der Waals surface area contributed by atoms with Gasteiger partial charge in [0.25, 0.3) is 0 Å². The summed E-state index contributed by atoms with van der Waals surface area (Å²) in [7, 11) is -0.416. The van der Waals surface area contributed by atoms with E-state index < -0.39 is 23.7 Å². The van der Waals surface area contributed by atoms with Crippen molar-refractivity contribution >= 4 is 34.4 Å². The average molecular weight is 762 g/mol. The molecule has 0 saturated carbocycles. The number of nitrogens with zero attached hydrogens (tertiary/aromatic N) is 1. The summed E-state index contributed by atoms with van der Waals surface area (Å²) in [6.45, 7) is 8.40. The van der Waals surface area contributed by atoms with Gasteiger partial charge in [0.1, 0.15) is 0 Å². The monoisotopic (exact) mass is 761 g/mol.